The Labute approximate surface area is 130 Å². The first-order valence-electron chi connectivity index (χ1n) is 6.52. The molecule has 20 heavy (non-hydrogen) atoms. The van der Waals surface area contributed by atoms with Crippen LogP contribution >= 0.6 is 23.2 Å². The number of hydrogen-bond donors (Lipinski definition) is 1. The van der Waals surface area contributed by atoms with Gasteiger partial charge in [-0.1, -0.05) is 23.2 Å². The molecule has 1 saturated heterocycles. The molecule has 0 saturated carbocycles. The van der Waals surface area contributed by atoms with Crippen LogP contribution in [0.3, 0.4) is 0 Å². The minimum atomic E-state index is -0.546. The fraction of sp³-hybridized carbons (Fsp3) is 0.571. The van der Waals surface area contributed by atoms with Crippen LogP contribution in [0.4, 0.5) is 0 Å². The Kier molecular flexibility index (Phi) is 3.84. The minimum Gasteiger partial charge on any atom is -0.505 e. The summed E-state index contributed by atoms with van der Waals surface area (Å²) in [6.45, 7) is 11.6. The van der Waals surface area contributed by atoms with E-state index in [-0.39, 0.29) is 15.8 Å². The number of hydrogen-bond acceptors (Lipinski definition) is 3. The summed E-state index contributed by atoms with van der Waals surface area (Å²) in [6.07, 6.45) is 0. The Morgan fingerprint density at radius 3 is 1.60 bits per heavy atom. The molecule has 0 aliphatic carbocycles. The van der Waals surface area contributed by atoms with Crippen molar-refractivity contribution in [3.8, 4) is 5.75 Å². The summed E-state index contributed by atoms with van der Waals surface area (Å²) in [5.74, 6) is -0.0939. The van der Waals surface area contributed by atoms with Crippen LogP contribution in [0, 0.1) is 13.8 Å². The van der Waals surface area contributed by atoms with Crippen LogP contribution in [-0.2, 0) is 9.31 Å². The normalized spacial score (nSPS) is 20.5. The lowest BCUT2D eigenvalue weighted by Crippen LogP contribution is -2.41. The summed E-state index contributed by atoms with van der Waals surface area (Å²) in [5, 5.41) is 10.4. The first kappa shape index (κ1) is 16.0. The van der Waals surface area contributed by atoms with Gasteiger partial charge in [-0.25, -0.2) is 0 Å². The Balaban J connectivity index is 2.57. The van der Waals surface area contributed by atoms with E-state index in [4.69, 9.17) is 32.5 Å². The molecule has 0 amide bonds. The Morgan fingerprint density at radius 1 is 0.900 bits per heavy atom. The van der Waals surface area contributed by atoms with Gasteiger partial charge in [-0.2, -0.15) is 0 Å². The number of phenols is 1. The molecule has 3 nitrogen and oxygen atoms in total. The second-order valence-corrected chi connectivity index (χ2v) is 6.98. The number of benzene rings is 1. The molecule has 0 atom stereocenters. The van der Waals surface area contributed by atoms with Gasteiger partial charge >= 0.3 is 7.12 Å². The maximum atomic E-state index is 9.90. The lowest BCUT2D eigenvalue weighted by molar-refractivity contribution is 0.00578. The average Bonchev–Trinajstić information content (AvgIpc) is 2.53. The Morgan fingerprint density at radius 2 is 1.25 bits per heavy atom. The Bertz CT molecular complexity index is 525. The molecule has 0 spiro atoms. The molecule has 0 bridgehead atoms. The van der Waals surface area contributed by atoms with Gasteiger partial charge in [0, 0.05) is 0 Å². The molecule has 1 aliphatic rings. The lowest BCUT2D eigenvalue weighted by Gasteiger charge is -2.32. The molecule has 1 heterocycles. The van der Waals surface area contributed by atoms with Gasteiger partial charge in [0.15, 0.2) is 5.75 Å². The summed E-state index contributed by atoms with van der Waals surface area (Å²) >= 11 is 12.3. The van der Waals surface area contributed by atoms with E-state index in [1.165, 1.54) is 0 Å². The molecule has 2 rings (SSSR count). The fourth-order valence-corrected chi connectivity index (χ4v) is 2.72. The van der Waals surface area contributed by atoms with E-state index in [0.29, 0.717) is 0 Å². The van der Waals surface area contributed by atoms with Crippen molar-refractivity contribution in [1.29, 1.82) is 0 Å². The summed E-state index contributed by atoms with van der Waals surface area (Å²) in [4.78, 5) is 0. The van der Waals surface area contributed by atoms with Crippen molar-refractivity contribution < 1.29 is 14.4 Å². The quantitative estimate of drug-likeness (QED) is 0.804. The van der Waals surface area contributed by atoms with Crippen LogP contribution in [0.15, 0.2) is 0 Å². The van der Waals surface area contributed by atoms with Crippen molar-refractivity contribution in [3.63, 3.8) is 0 Å². The third kappa shape index (κ3) is 2.23. The van der Waals surface area contributed by atoms with E-state index in [2.05, 4.69) is 0 Å². The summed E-state index contributed by atoms with van der Waals surface area (Å²) in [7, 11) is -0.546. The van der Waals surface area contributed by atoms with E-state index in [0.717, 1.165) is 16.6 Å². The maximum absolute atomic E-state index is 9.90. The summed E-state index contributed by atoms with van der Waals surface area (Å²) in [6, 6.07) is 0. The van der Waals surface area contributed by atoms with Gasteiger partial charge < -0.3 is 14.4 Å². The zero-order chi connectivity index (χ0) is 15.5. The van der Waals surface area contributed by atoms with Gasteiger partial charge in [-0.3, -0.25) is 0 Å². The highest BCUT2D eigenvalue weighted by atomic mass is 35.5. The van der Waals surface area contributed by atoms with Gasteiger partial charge in [-0.15, -0.1) is 0 Å². The predicted octanol–water partition coefficient (Wildman–Crippen LogP) is 3.62. The predicted molar refractivity (Wildman–Crippen MR) is 83.3 cm³/mol. The van der Waals surface area contributed by atoms with Crippen LogP contribution in [0.1, 0.15) is 38.8 Å². The summed E-state index contributed by atoms with van der Waals surface area (Å²) < 4.78 is 12.1. The number of rotatable bonds is 1. The number of aromatic hydroxyl groups is 1. The van der Waals surface area contributed by atoms with Gasteiger partial charge in [0.05, 0.1) is 21.2 Å². The van der Waals surface area contributed by atoms with Gasteiger partial charge in [0.1, 0.15) is 0 Å². The van der Waals surface area contributed by atoms with Crippen LogP contribution in [0.25, 0.3) is 0 Å². The largest absolute Gasteiger partial charge is 0.505 e. The molecule has 1 aromatic rings. The molecule has 6 heteroatoms. The number of halogens is 2. The van der Waals surface area contributed by atoms with Crippen molar-refractivity contribution in [2.24, 2.45) is 0 Å². The molecule has 1 N–H and O–H groups in total. The molecule has 0 unspecified atom stereocenters. The fourth-order valence-electron chi connectivity index (χ4n) is 2.28. The highest BCUT2D eigenvalue weighted by Crippen LogP contribution is 2.40. The van der Waals surface area contributed by atoms with Crippen molar-refractivity contribution in [2.75, 3.05) is 0 Å². The second kappa shape index (κ2) is 4.80. The highest BCUT2D eigenvalue weighted by molar-refractivity contribution is 6.64. The van der Waals surface area contributed by atoms with Crippen molar-refractivity contribution >= 4 is 35.8 Å². The molecule has 0 radical (unpaired) electrons. The van der Waals surface area contributed by atoms with Crippen LogP contribution in [0.5, 0.6) is 5.75 Å². The topological polar surface area (TPSA) is 38.7 Å². The van der Waals surface area contributed by atoms with Crippen molar-refractivity contribution in [1.82, 2.24) is 0 Å². The minimum absolute atomic E-state index is 0.0939. The molecule has 1 fully saturated rings. The number of phenolic OH excluding ortho intramolecular Hbond substituents is 1. The van der Waals surface area contributed by atoms with E-state index in [9.17, 15) is 5.11 Å². The standard InChI is InChI=1S/C14H19BCl2O3/c1-7-9(8(2)11(17)12(18)10(7)16)15-19-13(3,4)14(5,6)20-15/h18H,1-6H3. The van der Waals surface area contributed by atoms with E-state index in [1.54, 1.807) is 0 Å². The smallest absolute Gasteiger partial charge is 0.495 e. The molecule has 1 aromatic carbocycles. The molecule has 1 aliphatic heterocycles. The second-order valence-electron chi connectivity index (χ2n) is 6.23. The third-order valence-electron chi connectivity index (χ3n) is 4.37. The Hall–Kier alpha value is -0.415. The zero-order valence-corrected chi connectivity index (χ0v) is 14.1. The van der Waals surface area contributed by atoms with Crippen molar-refractivity contribution in [3.05, 3.63) is 21.2 Å². The molecular formula is C14H19BCl2O3. The molecule has 110 valence electrons. The van der Waals surface area contributed by atoms with Gasteiger partial charge in [0.2, 0.25) is 0 Å². The third-order valence-corrected chi connectivity index (χ3v) is 5.30. The van der Waals surface area contributed by atoms with Gasteiger partial charge in [0.25, 0.3) is 0 Å². The van der Waals surface area contributed by atoms with Crippen LogP contribution in [0.2, 0.25) is 10.0 Å². The van der Waals surface area contributed by atoms with E-state index < -0.39 is 18.3 Å². The molecular weight excluding hydrogens is 298 g/mol. The SMILES string of the molecule is Cc1c(Cl)c(O)c(Cl)c(C)c1B1OC(C)(C)C(C)(C)O1. The monoisotopic (exact) mass is 316 g/mol. The first-order valence-corrected chi connectivity index (χ1v) is 7.28. The highest BCUT2D eigenvalue weighted by Gasteiger charge is 2.52. The van der Waals surface area contributed by atoms with Gasteiger partial charge in [-0.05, 0) is 58.1 Å². The summed E-state index contributed by atoms with van der Waals surface area (Å²) in [5.41, 5.74) is 1.37. The lowest BCUT2D eigenvalue weighted by atomic mass is 9.73. The van der Waals surface area contributed by atoms with E-state index in [1.807, 2.05) is 41.5 Å². The van der Waals surface area contributed by atoms with Crippen LogP contribution in [-0.4, -0.2) is 23.4 Å². The van der Waals surface area contributed by atoms with Crippen LogP contribution < -0.4 is 5.46 Å². The first-order chi connectivity index (χ1) is 8.99. The molecule has 0 aromatic heterocycles. The van der Waals surface area contributed by atoms with E-state index >= 15 is 0 Å². The van der Waals surface area contributed by atoms with Crippen molar-refractivity contribution in [2.45, 2.75) is 52.7 Å². The average molecular weight is 317 g/mol. The zero-order valence-electron chi connectivity index (χ0n) is 12.6. The maximum Gasteiger partial charge on any atom is 0.495 e.